The van der Waals surface area contributed by atoms with Crippen LogP contribution >= 0.6 is 0 Å². The maximum Gasteiger partial charge on any atom is 0.123 e. The highest BCUT2D eigenvalue weighted by atomic mass is 19.1. The average Bonchev–Trinajstić information content (AvgIpc) is 2.33. The van der Waals surface area contributed by atoms with Crippen LogP contribution in [0.25, 0.3) is 0 Å². The number of phenols is 1. The minimum Gasteiger partial charge on any atom is -0.508 e. The molecule has 0 saturated heterocycles. The van der Waals surface area contributed by atoms with E-state index in [1.807, 2.05) is 6.92 Å². The quantitative estimate of drug-likeness (QED) is 0.788. The first-order chi connectivity index (χ1) is 8.16. The summed E-state index contributed by atoms with van der Waals surface area (Å²) in [5.74, 6) is -0.159. The normalized spacial score (nSPS) is 21.4. The van der Waals surface area contributed by atoms with Gasteiger partial charge in [-0.1, -0.05) is 12.2 Å². The third-order valence-corrected chi connectivity index (χ3v) is 3.21. The number of phenolic OH excluding ortho intramolecular Hbond substituents is 1. The molecule has 2 unspecified atom stereocenters. The Kier molecular flexibility index (Phi) is 3.79. The molecule has 1 aromatic rings. The Hall–Kier alpha value is -1.35. The molecule has 0 amide bonds. The lowest BCUT2D eigenvalue weighted by Gasteiger charge is -2.24. The van der Waals surface area contributed by atoms with Crippen molar-refractivity contribution in [1.82, 2.24) is 5.32 Å². The summed E-state index contributed by atoms with van der Waals surface area (Å²) in [7, 11) is 0. The number of benzene rings is 1. The molecule has 0 bridgehead atoms. The van der Waals surface area contributed by atoms with Crippen LogP contribution in [0.5, 0.6) is 5.75 Å². The third kappa shape index (κ3) is 3.07. The van der Waals surface area contributed by atoms with Crippen molar-refractivity contribution in [2.24, 2.45) is 0 Å². The molecule has 1 aromatic carbocycles. The van der Waals surface area contributed by atoms with Crippen molar-refractivity contribution in [3.05, 3.63) is 41.7 Å². The van der Waals surface area contributed by atoms with E-state index < -0.39 is 0 Å². The molecule has 0 heterocycles. The predicted octanol–water partition coefficient (Wildman–Crippen LogP) is 3.29. The summed E-state index contributed by atoms with van der Waals surface area (Å²) in [6, 6.07) is 4.45. The smallest absolute Gasteiger partial charge is 0.123 e. The second-order valence-corrected chi connectivity index (χ2v) is 4.57. The molecule has 0 aromatic heterocycles. The van der Waals surface area contributed by atoms with Gasteiger partial charge in [-0.25, -0.2) is 4.39 Å². The lowest BCUT2D eigenvalue weighted by atomic mass is 9.99. The zero-order valence-corrected chi connectivity index (χ0v) is 9.99. The monoisotopic (exact) mass is 235 g/mol. The van der Waals surface area contributed by atoms with Crippen LogP contribution in [0.2, 0.25) is 0 Å². The molecule has 0 saturated carbocycles. The van der Waals surface area contributed by atoms with Crippen LogP contribution in [0.15, 0.2) is 30.4 Å². The Bertz CT molecular complexity index is 417. The average molecular weight is 235 g/mol. The molecule has 92 valence electrons. The van der Waals surface area contributed by atoms with Crippen LogP contribution in [0.3, 0.4) is 0 Å². The number of nitrogens with one attached hydrogen (secondary N) is 1. The highest BCUT2D eigenvalue weighted by molar-refractivity contribution is 5.34. The van der Waals surface area contributed by atoms with Crippen LogP contribution in [0.1, 0.15) is 37.8 Å². The summed E-state index contributed by atoms with van der Waals surface area (Å²) in [6.07, 6.45) is 7.53. The first-order valence-corrected chi connectivity index (χ1v) is 6.06. The van der Waals surface area contributed by atoms with Gasteiger partial charge in [0.05, 0.1) is 0 Å². The van der Waals surface area contributed by atoms with Crippen molar-refractivity contribution in [3.8, 4) is 5.75 Å². The number of aromatic hydroxyl groups is 1. The summed E-state index contributed by atoms with van der Waals surface area (Å²) >= 11 is 0. The molecular weight excluding hydrogens is 217 g/mol. The van der Waals surface area contributed by atoms with Gasteiger partial charge in [-0.2, -0.15) is 0 Å². The van der Waals surface area contributed by atoms with Gasteiger partial charge in [0.1, 0.15) is 11.6 Å². The van der Waals surface area contributed by atoms with Gasteiger partial charge in [-0.3, -0.25) is 0 Å². The highest BCUT2D eigenvalue weighted by Gasteiger charge is 2.16. The van der Waals surface area contributed by atoms with Crippen molar-refractivity contribution < 1.29 is 9.50 Å². The Morgan fingerprint density at radius 3 is 2.94 bits per heavy atom. The van der Waals surface area contributed by atoms with Crippen molar-refractivity contribution >= 4 is 0 Å². The third-order valence-electron chi connectivity index (χ3n) is 3.21. The van der Waals surface area contributed by atoms with Crippen LogP contribution in [-0.4, -0.2) is 11.1 Å². The van der Waals surface area contributed by atoms with Gasteiger partial charge in [0.25, 0.3) is 0 Å². The Balaban J connectivity index is 2.05. The van der Waals surface area contributed by atoms with Gasteiger partial charge in [-0.15, -0.1) is 0 Å². The Labute approximate surface area is 101 Å². The standard InChI is InChI=1S/C14H18FNO/c1-10(16-12-5-3-2-4-6-12)13-9-11(15)7-8-14(13)17/h2-3,7-10,12,16-17H,4-6H2,1H3. The van der Waals surface area contributed by atoms with Gasteiger partial charge < -0.3 is 10.4 Å². The number of hydrogen-bond acceptors (Lipinski definition) is 2. The molecule has 0 spiro atoms. The van der Waals surface area contributed by atoms with Gasteiger partial charge >= 0.3 is 0 Å². The van der Waals surface area contributed by atoms with Crippen LogP contribution in [0.4, 0.5) is 4.39 Å². The molecule has 2 rings (SSSR count). The molecular formula is C14H18FNO. The van der Waals surface area contributed by atoms with Crippen LogP contribution in [-0.2, 0) is 0 Å². The van der Waals surface area contributed by atoms with Crippen LogP contribution < -0.4 is 5.32 Å². The van der Waals surface area contributed by atoms with E-state index in [1.165, 1.54) is 18.2 Å². The van der Waals surface area contributed by atoms with Gasteiger partial charge in [0, 0.05) is 17.6 Å². The lowest BCUT2D eigenvalue weighted by molar-refractivity contribution is 0.405. The first-order valence-electron chi connectivity index (χ1n) is 6.06. The number of halogens is 1. The molecule has 0 aliphatic heterocycles. The zero-order chi connectivity index (χ0) is 12.3. The van der Waals surface area contributed by atoms with E-state index in [1.54, 1.807) is 0 Å². The fourth-order valence-corrected chi connectivity index (χ4v) is 2.26. The summed E-state index contributed by atoms with van der Waals surface area (Å²) in [5.41, 5.74) is 0.625. The second kappa shape index (κ2) is 5.32. The summed E-state index contributed by atoms with van der Waals surface area (Å²) in [5, 5.41) is 13.1. The molecule has 2 atom stereocenters. The van der Waals surface area contributed by atoms with E-state index in [0.29, 0.717) is 11.6 Å². The van der Waals surface area contributed by atoms with Crippen molar-refractivity contribution in [2.45, 2.75) is 38.3 Å². The van der Waals surface area contributed by atoms with Gasteiger partial charge in [0.2, 0.25) is 0 Å². The maximum atomic E-state index is 13.1. The number of hydrogen-bond donors (Lipinski definition) is 2. The predicted molar refractivity (Wildman–Crippen MR) is 66.4 cm³/mol. The minimum atomic E-state index is -0.310. The van der Waals surface area contributed by atoms with Crippen molar-refractivity contribution in [1.29, 1.82) is 0 Å². The van der Waals surface area contributed by atoms with E-state index in [0.717, 1.165) is 19.3 Å². The molecule has 2 N–H and O–H groups in total. The molecule has 0 fully saturated rings. The second-order valence-electron chi connectivity index (χ2n) is 4.57. The molecule has 1 aliphatic carbocycles. The van der Waals surface area contributed by atoms with E-state index in [4.69, 9.17) is 0 Å². The van der Waals surface area contributed by atoms with E-state index >= 15 is 0 Å². The van der Waals surface area contributed by atoms with E-state index in [2.05, 4.69) is 17.5 Å². The van der Waals surface area contributed by atoms with E-state index in [-0.39, 0.29) is 17.6 Å². The number of allylic oxidation sites excluding steroid dienone is 1. The van der Waals surface area contributed by atoms with Crippen LogP contribution in [0, 0.1) is 5.82 Å². The minimum absolute atomic E-state index is 0.0396. The fourth-order valence-electron chi connectivity index (χ4n) is 2.26. The Morgan fingerprint density at radius 2 is 2.24 bits per heavy atom. The lowest BCUT2D eigenvalue weighted by Crippen LogP contribution is -2.32. The number of rotatable bonds is 3. The van der Waals surface area contributed by atoms with Crippen molar-refractivity contribution in [3.63, 3.8) is 0 Å². The van der Waals surface area contributed by atoms with E-state index in [9.17, 15) is 9.50 Å². The molecule has 0 radical (unpaired) electrons. The molecule has 1 aliphatic rings. The topological polar surface area (TPSA) is 32.3 Å². The van der Waals surface area contributed by atoms with Crippen molar-refractivity contribution in [2.75, 3.05) is 0 Å². The summed E-state index contributed by atoms with van der Waals surface area (Å²) in [6.45, 7) is 1.95. The molecule has 17 heavy (non-hydrogen) atoms. The molecule has 2 nitrogen and oxygen atoms in total. The van der Waals surface area contributed by atoms with Gasteiger partial charge in [0.15, 0.2) is 0 Å². The zero-order valence-electron chi connectivity index (χ0n) is 9.99. The fraction of sp³-hybridized carbons (Fsp3) is 0.429. The first kappa shape index (κ1) is 12.1. The molecule has 3 heteroatoms. The summed E-state index contributed by atoms with van der Waals surface area (Å²) < 4.78 is 13.1. The SMILES string of the molecule is CC(NC1CC=CCC1)c1cc(F)ccc1O. The van der Waals surface area contributed by atoms with Gasteiger partial charge in [-0.05, 0) is 44.4 Å². The maximum absolute atomic E-state index is 13.1. The largest absolute Gasteiger partial charge is 0.508 e. The summed E-state index contributed by atoms with van der Waals surface area (Å²) in [4.78, 5) is 0. The Morgan fingerprint density at radius 1 is 1.41 bits per heavy atom. The highest BCUT2D eigenvalue weighted by Crippen LogP contribution is 2.26.